The van der Waals surface area contributed by atoms with E-state index in [9.17, 15) is 0 Å². The highest BCUT2D eigenvalue weighted by Gasteiger charge is 1.99. The third-order valence-corrected chi connectivity index (χ3v) is 3.45. The molecule has 0 spiro atoms. The fraction of sp³-hybridized carbons (Fsp3) is 0.444. The van der Waals surface area contributed by atoms with Crippen molar-refractivity contribution < 1.29 is 9.47 Å². The number of hydrogen-bond acceptors (Lipinski definition) is 3. The number of rotatable bonds is 8. The molecule has 0 saturated heterocycles. The van der Waals surface area contributed by atoms with Crippen molar-refractivity contribution in [3.05, 3.63) is 42.0 Å². The number of hydrogen-bond donors (Lipinski definition) is 1. The van der Waals surface area contributed by atoms with Gasteiger partial charge < -0.3 is 14.8 Å². The van der Waals surface area contributed by atoms with E-state index in [0.717, 1.165) is 31.9 Å². The Kier molecular flexibility index (Phi) is 6.03. The van der Waals surface area contributed by atoms with Gasteiger partial charge in [0.05, 0.1) is 20.3 Å². The Bertz CT molecular complexity index is 566. The van der Waals surface area contributed by atoms with Gasteiger partial charge in [0.1, 0.15) is 5.75 Å². The Labute approximate surface area is 127 Å². The molecule has 0 atom stereocenters. The van der Waals surface area contributed by atoms with E-state index in [2.05, 4.69) is 49.5 Å². The number of benzene rings is 2. The zero-order chi connectivity index (χ0) is 15.1. The summed E-state index contributed by atoms with van der Waals surface area (Å²) in [6.07, 6.45) is 0.948. The summed E-state index contributed by atoms with van der Waals surface area (Å²) in [7, 11) is 1.70. The molecule has 0 bridgehead atoms. The van der Waals surface area contributed by atoms with Crippen molar-refractivity contribution in [3.63, 3.8) is 0 Å². The quantitative estimate of drug-likeness (QED) is 0.755. The minimum Gasteiger partial charge on any atom is -0.497 e. The van der Waals surface area contributed by atoms with E-state index in [-0.39, 0.29) is 0 Å². The fourth-order valence-electron chi connectivity index (χ4n) is 2.27. The van der Waals surface area contributed by atoms with Gasteiger partial charge in [-0.15, -0.1) is 0 Å². The van der Waals surface area contributed by atoms with Crippen LogP contribution < -0.4 is 10.1 Å². The molecule has 2 aromatic carbocycles. The summed E-state index contributed by atoms with van der Waals surface area (Å²) < 4.78 is 10.9. The highest BCUT2D eigenvalue weighted by Crippen LogP contribution is 2.22. The van der Waals surface area contributed by atoms with Crippen LogP contribution in [0.25, 0.3) is 10.8 Å². The van der Waals surface area contributed by atoms with E-state index in [0.29, 0.717) is 6.04 Å². The van der Waals surface area contributed by atoms with Crippen LogP contribution in [0.1, 0.15) is 19.4 Å². The van der Waals surface area contributed by atoms with Crippen LogP contribution >= 0.6 is 0 Å². The Morgan fingerprint density at radius 3 is 2.52 bits per heavy atom. The molecule has 0 saturated carbocycles. The largest absolute Gasteiger partial charge is 0.497 e. The lowest BCUT2D eigenvalue weighted by Gasteiger charge is -2.09. The second kappa shape index (κ2) is 8.01. The summed E-state index contributed by atoms with van der Waals surface area (Å²) in [6.45, 7) is 6.73. The molecular formula is C18H25NO2. The van der Waals surface area contributed by atoms with Gasteiger partial charge in [0, 0.05) is 12.6 Å². The lowest BCUT2D eigenvalue weighted by molar-refractivity contribution is 0.137. The molecule has 114 valence electrons. The summed E-state index contributed by atoms with van der Waals surface area (Å²) in [5.41, 5.74) is 1.31. The predicted octanol–water partition coefficient (Wildman–Crippen LogP) is 3.41. The zero-order valence-corrected chi connectivity index (χ0v) is 13.2. The maximum absolute atomic E-state index is 5.65. The number of fused-ring (bicyclic) bond motifs is 1. The summed E-state index contributed by atoms with van der Waals surface area (Å²) >= 11 is 0. The van der Waals surface area contributed by atoms with Crippen molar-refractivity contribution in [3.8, 4) is 5.75 Å². The molecule has 0 radical (unpaired) electrons. The summed E-state index contributed by atoms with van der Waals surface area (Å²) in [5, 5.41) is 5.80. The van der Waals surface area contributed by atoms with Crippen molar-refractivity contribution in [1.82, 2.24) is 5.32 Å². The van der Waals surface area contributed by atoms with E-state index in [4.69, 9.17) is 9.47 Å². The van der Waals surface area contributed by atoms with E-state index in [1.807, 2.05) is 6.07 Å². The van der Waals surface area contributed by atoms with E-state index in [1.165, 1.54) is 16.3 Å². The topological polar surface area (TPSA) is 30.5 Å². The van der Waals surface area contributed by atoms with Crippen LogP contribution in [0.2, 0.25) is 0 Å². The maximum atomic E-state index is 5.65. The monoisotopic (exact) mass is 287 g/mol. The number of nitrogens with one attached hydrogen (secondary N) is 1. The Morgan fingerprint density at radius 2 is 1.76 bits per heavy atom. The van der Waals surface area contributed by atoms with Gasteiger partial charge in [-0.3, -0.25) is 0 Å². The minimum atomic E-state index is 0.520. The van der Waals surface area contributed by atoms with Gasteiger partial charge >= 0.3 is 0 Å². The normalized spacial score (nSPS) is 11.2. The van der Waals surface area contributed by atoms with Gasteiger partial charge in [0.25, 0.3) is 0 Å². The van der Waals surface area contributed by atoms with Crippen LogP contribution in [0.5, 0.6) is 5.75 Å². The molecule has 21 heavy (non-hydrogen) atoms. The standard InChI is InChI=1S/C18H25NO2/c1-14(2)19-9-11-21-10-8-15-4-5-17-13-18(20-3)7-6-16(17)12-15/h4-7,12-14,19H,8-11H2,1-3H3. The van der Waals surface area contributed by atoms with E-state index >= 15 is 0 Å². The van der Waals surface area contributed by atoms with Gasteiger partial charge in [0.15, 0.2) is 0 Å². The molecule has 3 heteroatoms. The molecule has 0 heterocycles. The molecule has 3 nitrogen and oxygen atoms in total. The third-order valence-electron chi connectivity index (χ3n) is 3.45. The molecule has 1 N–H and O–H groups in total. The van der Waals surface area contributed by atoms with E-state index < -0.39 is 0 Å². The van der Waals surface area contributed by atoms with Gasteiger partial charge in [-0.2, -0.15) is 0 Å². The molecule has 2 aromatic rings. The lowest BCUT2D eigenvalue weighted by atomic mass is 10.1. The summed E-state index contributed by atoms with van der Waals surface area (Å²) in [5.74, 6) is 0.899. The lowest BCUT2D eigenvalue weighted by Crippen LogP contribution is -2.26. The molecule has 0 fully saturated rings. The molecule has 0 aromatic heterocycles. The highest BCUT2D eigenvalue weighted by atomic mass is 16.5. The highest BCUT2D eigenvalue weighted by molar-refractivity contribution is 5.84. The Balaban J connectivity index is 1.82. The average molecular weight is 287 g/mol. The van der Waals surface area contributed by atoms with Crippen molar-refractivity contribution in [2.45, 2.75) is 26.3 Å². The van der Waals surface area contributed by atoms with Crippen LogP contribution in [-0.2, 0) is 11.2 Å². The van der Waals surface area contributed by atoms with Crippen LogP contribution in [0.3, 0.4) is 0 Å². The molecule has 0 unspecified atom stereocenters. The van der Waals surface area contributed by atoms with Crippen LogP contribution in [0.15, 0.2) is 36.4 Å². The van der Waals surface area contributed by atoms with E-state index in [1.54, 1.807) is 7.11 Å². The summed E-state index contributed by atoms with van der Waals surface area (Å²) in [4.78, 5) is 0. The van der Waals surface area contributed by atoms with Gasteiger partial charge in [-0.1, -0.05) is 38.1 Å². The minimum absolute atomic E-state index is 0.520. The van der Waals surface area contributed by atoms with Crippen molar-refractivity contribution in [2.75, 3.05) is 26.9 Å². The molecule has 0 aliphatic carbocycles. The Hall–Kier alpha value is -1.58. The molecule has 2 rings (SSSR count). The Morgan fingerprint density at radius 1 is 1.00 bits per heavy atom. The fourth-order valence-corrected chi connectivity index (χ4v) is 2.27. The van der Waals surface area contributed by atoms with Gasteiger partial charge in [-0.05, 0) is 34.9 Å². The summed E-state index contributed by atoms with van der Waals surface area (Å²) in [6, 6.07) is 13.2. The maximum Gasteiger partial charge on any atom is 0.119 e. The van der Waals surface area contributed by atoms with Crippen molar-refractivity contribution in [1.29, 1.82) is 0 Å². The van der Waals surface area contributed by atoms with Crippen LogP contribution in [0.4, 0.5) is 0 Å². The van der Waals surface area contributed by atoms with Crippen molar-refractivity contribution in [2.24, 2.45) is 0 Å². The second-order valence-electron chi connectivity index (χ2n) is 5.52. The smallest absolute Gasteiger partial charge is 0.119 e. The SMILES string of the molecule is COc1ccc2cc(CCOCCNC(C)C)ccc2c1. The average Bonchev–Trinajstić information content (AvgIpc) is 2.49. The first-order valence-electron chi connectivity index (χ1n) is 7.57. The molecule has 0 aliphatic heterocycles. The van der Waals surface area contributed by atoms with Crippen LogP contribution in [0, 0.1) is 0 Å². The molecule has 0 aliphatic rings. The van der Waals surface area contributed by atoms with Gasteiger partial charge in [-0.25, -0.2) is 0 Å². The predicted molar refractivity (Wildman–Crippen MR) is 88.2 cm³/mol. The first kappa shape index (κ1) is 15.8. The molecule has 0 amide bonds. The molecular weight excluding hydrogens is 262 g/mol. The number of methoxy groups -OCH3 is 1. The van der Waals surface area contributed by atoms with Crippen LogP contribution in [-0.4, -0.2) is 32.9 Å². The zero-order valence-electron chi connectivity index (χ0n) is 13.2. The van der Waals surface area contributed by atoms with Gasteiger partial charge in [0.2, 0.25) is 0 Å². The number of ether oxygens (including phenoxy) is 2. The first-order chi connectivity index (χ1) is 10.2. The second-order valence-corrected chi connectivity index (χ2v) is 5.52. The third kappa shape index (κ3) is 5.03. The first-order valence-corrected chi connectivity index (χ1v) is 7.57. The van der Waals surface area contributed by atoms with Crippen molar-refractivity contribution >= 4 is 10.8 Å².